The molecule has 0 aliphatic heterocycles. The number of nitrogens with zero attached hydrogens (tertiary/aromatic N) is 2. The molecule has 0 aliphatic carbocycles. The summed E-state index contributed by atoms with van der Waals surface area (Å²) in [6.07, 6.45) is 1.49. The fourth-order valence-electron chi connectivity index (χ4n) is 0.789. The van der Waals surface area contributed by atoms with E-state index in [1.807, 2.05) is 0 Å². The molecule has 0 saturated carbocycles. The monoisotopic (exact) mass is 180 g/mol. The summed E-state index contributed by atoms with van der Waals surface area (Å²) in [6.45, 7) is 0. The molecule has 0 unspecified atom stereocenters. The van der Waals surface area contributed by atoms with Gasteiger partial charge in [0.25, 0.3) is 0 Å². The van der Waals surface area contributed by atoms with Gasteiger partial charge in [0.2, 0.25) is 5.71 Å². The lowest BCUT2D eigenvalue weighted by atomic mass is 10.2. The minimum Gasteiger partial charge on any atom is -0.476 e. The number of aromatic nitrogens is 1. The average Bonchev–Trinajstić information content (AvgIpc) is 2.15. The van der Waals surface area contributed by atoms with E-state index in [-0.39, 0.29) is 11.4 Å². The van der Waals surface area contributed by atoms with Crippen LogP contribution in [0.1, 0.15) is 5.69 Å². The second-order valence-electron chi connectivity index (χ2n) is 2.14. The van der Waals surface area contributed by atoms with Gasteiger partial charge in [-0.15, -0.1) is 0 Å². The number of carboxylic acids is 1. The van der Waals surface area contributed by atoms with Crippen LogP contribution in [0.2, 0.25) is 0 Å². The molecule has 0 fully saturated rings. The Morgan fingerprint density at radius 1 is 1.62 bits per heavy atom. The molecular weight excluding hydrogens is 172 g/mol. The van der Waals surface area contributed by atoms with Crippen LogP contribution in [0.5, 0.6) is 0 Å². The Morgan fingerprint density at radius 3 is 2.85 bits per heavy atom. The SMILES string of the molecule is CO/N=C(\C(=O)O)c1ccccn1. The number of aliphatic carboxylic acids is 1. The second kappa shape index (κ2) is 4.20. The maximum atomic E-state index is 10.6. The van der Waals surface area contributed by atoms with Crippen LogP contribution in [0, 0.1) is 0 Å². The lowest BCUT2D eigenvalue weighted by Crippen LogP contribution is -2.16. The Balaban J connectivity index is 3.03. The molecule has 0 bridgehead atoms. The first-order valence-electron chi connectivity index (χ1n) is 3.51. The Labute approximate surface area is 74.7 Å². The van der Waals surface area contributed by atoms with Gasteiger partial charge in [-0.2, -0.15) is 0 Å². The van der Waals surface area contributed by atoms with Crippen LogP contribution >= 0.6 is 0 Å². The zero-order valence-corrected chi connectivity index (χ0v) is 6.97. The van der Waals surface area contributed by atoms with E-state index in [1.54, 1.807) is 18.2 Å². The molecule has 1 rings (SSSR count). The van der Waals surface area contributed by atoms with Crippen molar-refractivity contribution in [3.63, 3.8) is 0 Å². The third-order valence-corrected chi connectivity index (χ3v) is 1.29. The maximum Gasteiger partial charge on any atom is 0.360 e. The van der Waals surface area contributed by atoms with Crippen LogP contribution < -0.4 is 0 Å². The van der Waals surface area contributed by atoms with Crippen molar-refractivity contribution in [2.45, 2.75) is 0 Å². The van der Waals surface area contributed by atoms with Crippen LogP contribution in [0.4, 0.5) is 0 Å². The van der Waals surface area contributed by atoms with Gasteiger partial charge in [0.05, 0.1) is 5.69 Å². The van der Waals surface area contributed by atoms with Gasteiger partial charge in [0.15, 0.2) is 0 Å². The zero-order valence-electron chi connectivity index (χ0n) is 6.97. The minimum atomic E-state index is -1.17. The maximum absolute atomic E-state index is 10.6. The number of hydrogen-bond acceptors (Lipinski definition) is 4. The van der Waals surface area contributed by atoms with E-state index >= 15 is 0 Å². The number of carbonyl (C=O) groups is 1. The number of rotatable bonds is 3. The molecule has 0 atom stereocenters. The lowest BCUT2D eigenvalue weighted by Gasteiger charge is -1.97. The fourth-order valence-corrected chi connectivity index (χ4v) is 0.789. The van der Waals surface area contributed by atoms with Crippen LogP contribution in [0.3, 0.4) is 0 Å². The number of carboxylic acid groups (broad SMARTS) is 1. The molecule has 0 saturated heterocycles. The van der Waals surface area contributed by atoms with Crippen molar-refractivity contribution in [3.8, 4) is 0 Å². The predicted octanol–water partition coefficient (Wildman–Crippen LogP) is 0.517. The van der Waals surface area contributed by atoms with Crippen LogP contribution in [0.25, 0.3) is 0 Å². The molecule has 5 nitrogen and oxygen atoms in total. The Kier molecular flexibility index (Phi) is 2.97. The molecule has 1 aromatic rings. The van der Waals surface area contributed by atoms with E-state index in [0.29, 0.717) is 0 Å². The first kappa shape index (κ1) is 9.18. The molecule has 68 valence electrons. The highest BCUT2D eigenvalue weighted by Crippen LogP contribution is 1.97. The summed E-state index contributed by atoms with van der Waals surface area (Å²) >= 11 is 0. The highest BCUT2D eigenvalue weighted by Gasteiger charge is 2.13. The summed E-state index contributed by atoms with van der Waals surface area (Å²) in [5.41, 5.74) is 0.0694. The summed E-state index contributed by atoms with van der Waals surface area (Å²) in [7, 11) is 1.28. The van der Waals surface area contributed by atoms with Crippen LogP contribution in [-0.2, 0) is 9.63 Å². The van der Waals surface area contributed by atoms with E-state index < -0.39 is 5.97 Å². The molecule has 1 aromatic heterocycles. The summed E-state index contributed by atoms with van der Waals surface area (Å²) in [6, 6.07) is 4.91. The molecule has 0 spiro atoms. The molecule has 0 amide bonds. The van der Waals surface area contributed by atoms with Crippen molar-refractivity contribution in [2.24, 2.45) is 5.16 Å². The van der Waals surface area contributed by atoms with Crippen molar-refractivity contribution in [2.75, 3.05) is 7.11 Å². The predicted molar refractivity (Wildman–Crippen MR) is 45.4 cm³/mol. The molecule has 1 heterocycles. The van der Waals surface area contributed by atoms with E-state index in [1.165, 1.54) is 13.3 Å². The number of pyridine rings is 1. The fraction of sp³-hybridized carbons (Fsp3) is 0.125. The van der Waals surface area contributed by atoms with E-state index in [9.17, 15) is 4.79 Å². The first-order valence-corrected chi connectivity index (χ1v) is 3.51. The van der Waals surface area contributed by atoms with E-state index in [0.717, 1.165) is 0 Å². The van der Waals surface area contributed by atoms with Crippen molar-refractivity contribution < 1.29 is 14.7 Å². The third kappa shape index (κ3) is 2.26. The molecule has 0 radical (unpaired) electrons. The summed E-state index contributed by atoms with van der Waals surface area (Å²) in [4.78, 5) is 18.9. The summed E-state index contributed by atoms with van der Waals surface area (Å²) < 4.78 is 0. The molecular formula is C8H8N2O3. The van der Waals surface area contributed by atoms with Gasteiger partial charge in [-0.25, -0.2) is 4.79 Å². The highest BCUT2D eigenvalue weighted by atomic mass is 16.6. The Bertz CT molecular complexity index is 321. The van der Waals surface area contributed by atoms with Gasteiger partial charge in [-0.1, -0.05) is 11.2 Å². The first-order chi connectivity index (χ1) is 6.25. The quantitative estimate of drug-likeness (QED) is 0.543. The molecule has 13 heavy (non-hydrogen) atoms. The van der Waals surface area contributed by atoms with Crippen molar-refractivity contribution in [3.05, 3.63) is 30.1 Å². The zero-order chi connectivity index (χ0) is 9.68. The van der Waals surface area contributed by atoms with Gasteiger partial charge in [-0.05, 0) is 12.1 Å². The summed E-state index contributed by atoms with van der Waals surface area (Å²) in [5.74, 6) is -1.17. The van der Waals surface area contributed by atoms with Gasteiger partial charge in [0, 0.05) is 6.20 Å². The second-order valence-corrected chi connectivity index (χ2v) is 2.14. The number of oxime groups is 1. The Morgan fingerprint density at radius 2 is 2.38 bits per heavy atom. The topological polar surface area (TPSA) is 71.8 Å². The van der Waals surface area contributed by atoms with Gasteiger partial charge >= 0.3 is 5.97 Å². The van der Waals surface area contributed by atoms with E-state index in [2.05, 4.69) is 15.0 Å². The summed E-state index contributed by atoms with van der Waals surface area (Å²) in [5, 5.41) is 12.1. The lowest BCUT2D eigenvalue weighted by molar-refractivity contribution is -0.129. The molecule has 5 heteroatoms. The molecule has 0 aliphatic rings. The van der Waals surface area contributed by atoms with Crippen molar-refractivity contribution in [1.29, 1.82) is 0 Å². The highest BCUT2D eigenvalue weighted by molar-refractivity contribution is 6.41. The van der Waals surface area contributed by atoms with Gasteiger partial charge in [-0.3, -0.25) is 4.98 Å². The van der Waals surface area contributed by atoms with Crippen molar-refractivity contribution >= 4 is 11.7 Å². The third-order valence-electron chi connectivity index (χ3n) is 1.29. The minimum absolute atomic E-state index is 0.205. The normalized spacial score (nSPS) is 11.0. The van der Waals surface area contributed by atoms with Gasteiger partial charge < -0.3 is 9.94 Å². The standard InChI is InChI=1S/C8H8N2O3/c1-13-10-7(8(11)12)6-4-2-3-5-9-6/h2-5H,1H3,(H,11,12)/b10-7-. The molecule has 1 N–H and O–H groups in total. The molecule has 0 aromatic carbocycles. The van der Waals surface area contributed by atoms with Gasteiger partial charge in [0.1, 0.15) is 7.11 Å². The number of hydrogen-bond donors (Lipinski definition) is 1. The Hall–Kier alpha value is -1.91. The average molecular weight is 180 g/mol. The largest absolute Gasteiger partial charge is 0.476 e. The van der Waals surface area contributed by atoms with Crippen LogP contribution in [0.15, 0.2) is 29.6 Å². The van der Waals surface area contributed by atoms with Crippen LogP contribution in [-0.4, -0.2) is 28.9 Å². The smallest absolute Gasteiger partial charge is 0.360 e. The van der Waals surface area contributed by atoms with Crippen molar-refractivity contribution in [1.82, 2.24) is 4.98 Å². The van der Waals surface area contributed by atoms with E-state index in [4.69, 9.17) is 5.11 Å².